The molecule has 2 aliphatic carbocycles. The van der Waals surface area contributed by atoms with Gasteiger partial charge in [-0.2, -0.15) is 0 Å². The Morgan fingerprint density at radius 2 is 1.47 bits per heavy atom. The Balaban J connectivity index is 1.97. The average molecular weight is 202 g/mol. The number of rotatable bonds is 3. The maximum atomic E-state index is 10.9. The van der Waals surface area contributed by atoms with Crippen LogP contribution in [-0.2, 0) is 5.60 Å². The van der Waals surface area contributed by atoms with Gasteiger partial charge in [0.1, 0.15) is 0 Å². The van der Waals surface area contributed by atoms with Gasteiger partial charge in [-0.3, -0.25) is 0 Å². The third-order valence-corrected chi connectivity index (χ3v) is 3.91. The van der Waals surface area contributed by atoms with Crippen molar-refractivity contribution >= 4 is 0 Å². The van der Waals surface area contributed by atoms with Crippen molar-refractivity contribution in [3.05, 3.63) is 35.4 Å². The van der Waals surface area contributed by atoms with Crippen LogP contribution in [0.2, 0.25) is 0 Å². The van der Waals surface area contributed by atoms with E-state index in [0.717, 1.165) is 5.56 Å². The standard InChI is InChI=1S/C14H18O/c1-10-2-4-11(5-3-10)14(15,12-6-7-12)13-8-9-13/h2-5,12-13,15H,6-9H2,1H3. The number of benzene rings is 1. The van der Waals surface area contributed by atoms with Crippen LogP contribution in [0.3, 0.4) is 0 Å². The zero-order chi connectivity index (χ0) is 10.5. The van der Waals surface area contributed by atoms with Gasteiger partial charge in [0.2, 0.25) is 0 Å². The summed E-state index contributed by atoms with van der Waals surface area (Å²) >= 11 is 0. The first-order valence-electron chi connectivity index (χ1n) is 6.01. The predicted octanol–water partition coefficient (Wildman–Crippen LogP) is 3.00. The summed E-state index contributed by atoms with van der Waals surface area (Å²) in [5.41, 5.74) is 1.93. The zero-order valence-electron chi connectivity index (χ0n) is 9.24. The Morgan fingerprint density at radius 3 is 1.87 bits per heavy atom. The highest BCUT2D eigenvalue weighted by Crippen LogP contribution is 2.57. The van der Waals surface area contributed by atoms with Gasteiger partial charge in [0, 0.05) is 0 Å². The van der Waals surface area contributed by atoms with Crippen LogP contribution < -0.4 is 0 Å². The molecule has 0 amide bonds. The van der Waals surface area contributed by atoms with Gasteiger partial charge in [0.15, 0.2) is 0 Å². The van der Waals surface area contributed by atoms with E-state index in [1.807, 2.05) is 0 Å². The van der Waals surface area contributed by atoms with E-state index in [1.165, 1.54) is 31.2 Å². The van der Waals surface area contributed by atoms with Crippen molar-refractivity contribution in [2.45, 2.75) is 38.2 Å². The summed E-state index contributed by atoms with van der Waals surface area (Å²) < 4.78 is 0. The molecule has 1 N–H and O–H groups in total. The van der Waals surface area contributed by atoms with Gasteiger partial charge >= 0.3 is 0 Å². The molecule has 80 valence electrons. The molecular formula is C14H18O. The molecule has 1 aromatic rings. The lowest BCUT2D eigenvalue weighted by Crippen LogP contribution is -2.30. The minimum Gasteiger partial charge on any atom is -0.385 e. The maximum Gasteiger partial charge on any atom is 0.0952 e. The summed E-state index contributed by atoms with van der Waals surface area (Å²) in [6.45, 7) is 2.09. The molecule has 2 aliphatic rings. The van der Waals surface area contributed by atoms with E-state index < -0.39 is 5.60 Å². The summed E-state index contributed by atoms with van der Waals surface area (Å²) in [4.78, 5) is 0. The SMILES string of the molecule is Cc1ccc(C(O)(C2CC2)C2CC2)cc1. The Morgan fingerprint density at radius 1 is 1.00 bits per heavy atom. The van der Waals surface area contributed by atoms with Crippen molar-refractivity contribution in [2.75, 3.05) is 0 Å². The number of hydrogen-bond acceptors (Lipinski definition) is 1. The van der Waals surface area contributed by atoms with E-state index in [-0.39, 0.29) is 0 Å². The van der Waals surface area contributed by atoms with Crippen molar-refractivity contribution in [1.29, 1.82) is 0 Å². The smallest absolute Gasteiger partial charge is 0.0952 e. The highest BCUT2D eigenvalue weighted by atomic mass is 16.3. The van der Waals surface area contributed by atoms with E-state index in [9.17, 15) is 5.11 Å². The fourth-order valence-electron chi connectivity index (χ4n) is 2.67. The largest absolute Gasteiger partial charge is 0.385 e. The molecule has 0 aliphatic heterocycles. The predicted molar refractivity (Wildman–Crippen MR) is 60.5 cm³/mol. The fraction of sp³-hybridized carbons (Fsp3) is 0.571. The second kappa shape index (κ2) is 3.08. The van der Waals surface area contributed by atoms with Crippen LogP contribution in [0.5, 0.6) is 0 Å². The lowest BCUT2D eigenvalue weighted by atomic mass is 9.84. The molecular weight excluding hydrogens is 184 g/mol. The molecule has 0 unspecified atom stereocenters. The molecule has 1 heteroatoms. The Bertz CT molecular complexity index is 345. The number of aryl methyl sites for hydroxylation is 1. The first-order valence-corrected chi connectivity index (χ1v) is 6.01. The molecule has 0 bridgehead atoms. The van der Waals surface area contributed by atoms with E-state index in [4.69, 9.17) is 0 Å². The van der Waals surface area contributed by atoms with Gasteiger partial charge in [0.25, 0.3) is 0 Å². The van der Waals surface area contributed by atoms with E-state index >= 15 is 0 Å². The third-order valence-electron chi connectivity index (χ3n) is 3.91. The van der Waals surface area contributed by atoms with Crippen LogP contribution in [-0.4, -0.2) is 5.11 Å². The monoisotopic (exact) mass is 202 g/mol. The van der Waals surface area contributed by atoms with Gasteiger partial charge in [-0.25, -0.2) is 0 Å². The van der Waals surface area contributed by atoms with Crippen molar-refractivity contribution in [3.63, 3.8) is 0 Å². The van der Waals surface area contributed by atoms with Crippen molar-refractivity contribution in [1.82, 2.24) is 0 Å². The third kappa shape index (κ3) is 1.50. The molecule has 2 fully saturated rings. The summed E-state index contributed by atoms with van der Waals surface area (Å²) in [5, 5.41) is 10.9. The molecule has 3 rings (SSSR count). The molecule has 2 saturated carbocycles. The average Bonchev–Trinajstić information content (AvgIpc) is 3.07. The minimum absolute atomic E-state index is 0.492. The lowest BCUT2D eigenvalue weighted by molar-refractivity contribution is -0.0102. The molecule has 1 aromatic carbocycles. The maximum absolute atomic E-state index is 10.9. The van der Waals surface area contributed by atoms with Crippen LogP contribution in [0, 0.1) is 18.8 Å². The van der Waals surface area contributed by atoms with E-state index in [2.05, 4.69) is 31.2 Å². The number of aliphatic hydroxyl groups is 1. The molecule has 0 spiro atoms. The highest BCUT2D eigenvalue weighted by Gasteiger charge is 2.54. The summed E-state index contributed by atoms with van der Waals surface area (Å²) in [7, 11) is 0. The van der Waals surface area contributed by atoms with Crippen molar-refractivity contribution in [2.24, 2.45) is 11.8 Å². The van der Waals surface area contributed by atoms with Crippen molar-refractivity contribution in [3.8, 4) is 0 Å². The van der Waals surface area contributed by atoms with Crippen LogP contribution >= 0.6 is 0 Å². The van der Waals surface area contributed by atoms with Crippen LogP contribution in [0.15, 0.2) is 24.3 Å². The molecule has 0 aromatic heterocycles. The summed E-state index contributed by atoms with van der Waals surface area (Å²) in [5.74, 6) is 1.07. The van der Waals surface area contributed by atoms with Crippen LogP contribution in [0.1, 0.15) is 36.8 Å². The zero-order valence-corrected chi connectivity index (χ0v) is 9.24. The minimum atomic E-state index is -0.492. The van der Waals surface area contributed by atoms with Gasteiger partial charge in [-0.05, 0) is 50.0 Å². The molecule has 0 atom stereocenters. The van der Waals surface area contributed by atoms with E-state index in [0.29, 0.717) is 11.8 Å². The summed E-state index contributed by atoms with van der Waals surface area (Å²) in [6, 6.07) is 8.47. The van der Waals surface area contributed by atoms with Gasteiger partial charge in [0.05, 0.1) is 5.60 Å². The van der Waals surface area contributed by atoms with E-state index in [1.54, 1.807) is 0 Å². The molecule has 1 nitrogen and oxygen atoms in total. The van der Waals surface area contributed by atoms with Gasteiger partial charge in [-0.1, -0.05) is 29.8 Å². The second-order valence-electron chi connectivity index (χ2n) is 5.24. The Labute approximate surface area is 91.1 Å². The normalized spacial score (nSPS) is 21.7. The second-order valence-corrected chi connectivity index (χ2v) is 5.24. The topological polar surface area (TPSA) is 20.2 Å². The molecule has 0 saturated heterocycles. The first kappa shape index (κ1) is 9.41. The van der Waals surface area contributed by atoms with Gasteiger partial charge < -0.3 is 5.11 Å². The fourth-order valence-corrected chi connectivity index (χ4v) is 2.67. The highest BCUT2D eigenvalue weighted by molar-refractivity contribution is 5.30. The quantitative estimate of drug-likeness (QED) is 0.799. The Kier molecular flexibility index (Phi) is 1.93. The summed E-state index contributed by atoms with van der Waals surface area (Å²) in [6.07, 6.45) is 4.84. The molecule has 0 radical (unpaired) electrons. The van der Waals surface area contributed by atoms with Crippen molar-refractivity contribution < 1.29 is 5.11 Å². The Hall–Kier alpha value is -0.820. The van der Waals surface area contributed by atoms with Crippen LogP contribution in [0.25, 0.3) is 0 Å². The van der Waals surface area contributed by atoms with Gasteiger partial charge in [-0.15, -0.1) is 0 Å². The first-order chi connectivity index (χ1) is 7.21. The van der Waals surface area contributed by atoms with Crippen LogP contribution in [0.4, 0.5) is 0 Å². The molecule has 0 heterocycles. The number of hydrogen-bond donors (Lipinski definition) is 1. The molecule has 15 heavy (non-hydrogen) atoms. The lowest BCUT2D eigenvalue weighted by Gasteiger charge is -2.29.